The van der Waals surface area contributed by atoms with E-state index in [9.17, 15) is 26.7 Å². The second-order valence-corrected chi connectivity index (χ2v) is 6.70. The maximum atomic E-state index is 13.6. The molecule has 3 aromatic rings. The molecule has 0 aliphatic heterocycles. The van der Waals surface area contributed by atoms with Crippen molar-refractivity contribution >= 4 is 22.4 Å². The van der Waals surface area contributed by atoms with Gasteiger partial charge in [-0.15, -0.1) is 11.3 Å². The molecule has 0 aliphatic rings. The van der Waals surface area contributed by atoms with Gasteiger partial charge in [0.2, 0.25) is 0 Å². The number of amides is 1. The summed E-state index contributed by atoms with van der Waals surface area (Å²) >= 11 is 1.05. The summed E-state index contributed by atoms with van der Waals surface area (Å²) < 4.78 is 64.8. The molecular weight excluding hydrogens is 387 g/mol. The molecule has 2 aromatic carbocycles. The smallest absolute Gasteiger partial charge is 0.298 e. The van der Waals surface area contributed by atoms with E-state index in [1.54, 1.807) is 6.07 Å². The predicted octanol–water partition coefficient (Wildman–Crippen LogP) is 5.28. The summed E-state index contributed by atoms with van der Waals surface area (Å²) in [7, 11) is 0. The van der Waals surface area contributed by atoms with Crippen molar-refractivity contribution in [3.8, 4) is 0 Å². The first kappa shape index (κ1) is 19.0. The molecule has 140 valence electrons. The zero-order valence-electron chi connectivity index (χ0n) is 13.5. The quantitative estimate of drug-likeness (QED) is 0.608. The number of hydrogen-bond acceptors (Lipinski definition) is 3. The van der Waals surface area contributed by atoms with Crippen molar-refractivity contribution in [2.45, 2.75) is 12.6 Å². The average molecular weight is 398 g/mol. The minimum Gasteiger partial charge on any atom is -0.298 e. The Kier molecular flexibility index (Phi) is 5.22. The van der Waals surface area contributed by atoms with Gasteiger partial charge in [0.05, 0.1) is 11.1 Å². The lowest BCUT2D eigenvalue weighted by atomic mass is 10.1. The highest BCUT2D eigenvalue weighted by Gasteiger charge is 2.30. The highest BCUT2D eigenvalue weighted by molar-refractivity contribution is 7.15. The molecule has 0 bridgehead atoms. The van der Waals surface area contributed by atoms with E-state index in [4.69, 9.17) is 0 Å². The van der Waals surface area contributed by atoms with Crippen LogP contribution in [0.3, 0.4) is 0 Å². The third-order valence-electron chi connectivity index (χ3n) is 3.58. The molecule has 1 amide bonds. The Labute approximate surface area is 154 Å². The van der Waals surface area contributed by atoms with Gasteiger partial charge in [0.1, 0.15) is 11.6 Å². The largest absolute Gasteiger partial charge is 0.416 e. The first-order chi connectivity index (χ1) is 12.7. The van der Waals surface area contributed by atoms with Gasteiger partial charge in [0.25, 0.3) is 5.91 Å². The highest BCUT2D eigenvalue weighted by atomic mass is 32.1. The summed E-state index contributed by atoms with van der Waals surface area (Å²) in [6, 6.07) is 7.47. The zero-order valence-corrected chi connectivity index (χ0v) is 14.3. The molecule has 0 atom stereocenters. The number of carbonyl (C=O) groups excluding carboxylic acids is 1. The van der Waals surface area contributed by atoms with Crippen molar-refractivity contribution in [2.75, 3.05) is 5.32 Å². The van der Waals surface area contributed by atoms with Crippen molar-refractivity contribution in [3.05, 3.63) is 81.9 Å². The molecule has 9 heteroatoms. The molecule has 1 heterocycles. The van der Waals surface area contributed by atoms with Gasteiger partial charge < -0.3 is 0 Å². The number of carbonyl (C=O) groups is 1. The molecule has 0 saturated heterocycles. The van der Waals surface area contributed by atoms with Crippen molar-refractivity contribution in [1.82, 2.24) is 4.98 Å². The average Bonchev–Trinajstić information content (AvgIpc) is 3.01. The molecule has 0 radical (unpaired) electrons. The first-order valence-corrected chi connectivity index (χ1v) is 8.41. The van der Waals surface area contributed by atoms with Gasteiger partial charge in [0.15, 0.2) is 5.13 Å². The molecule has 1 aromatic heterocycles. The van der Waals surface area contributed by atoms with E-state index in [-0.39, 0.29) is 17.1 Å². The van der Waals surface area contributed by atoms with Crippen molar-refractivity contribution in [2.24, 2.45) is 0 Å². The molecule has 0 saturated carbocycles. The Morgan fingerprint density at radius 1 is 1.11 bits per heavy atom. The van der Waals surface area contributed by atoms with E-state index in [0.29, 0.717) is 16.5 Å². The molecule has 3 nitrogen and oxygen atoms in total. The molecule has 0 aliphatic carbocycles. The number of halogens is 5. The van der Waals surface area contributed by atoms with E-state index in [1.165, 1.54) is 12.3 Å². The maximum Gasteiger partial charge on any atom is 0.416 e. The standard InChI is InChI=1S/C18H11F5N2OS/c19-12-4-5-14(15(20)8-12)16(26)25-17-24-9-13(27-17)7-10-2-1-3-11(6-10)18(21,22)23/h1-6,8-9H,7H2,(H,24,25,26). The van der Waals surface area contributed by atoms with Crippen LogP contribution in [0.4, 0.5) is 27.1 Å². The summed E-state index contributed by atoms with van der Waals surface area (Å²) in [6.07, 6.45) is -2.81. The summed E-state index contributed by atoms with van der Waals surface area (Å²) in [5.74, 6) is -2.61. The van der Waals surface area contributed by atoms with Crippen LogP contribution < -0.4 is 5.32 Å². The van der Waals surface area contributed by atoms with E-state index in [1.807, 2.05) is 0 Å². The van der Waals surface area contributed by atoms with Crippen LogP contribution in [0.5, 0.6) is 0 Å². The lowest BCUT2D eigenvalue weighted by molar-refractivity contribution is -0.137. The van der Waals surface area contributed by atoms with Crippen LogP contribution in [0.25, 0.3) is 0 Å². The number of nitrogens with zero attached hydrogens (tertiary/aromatic N) is 1. The van der Waals surface area contributed by atoms with Crippen molar-refractivity contribution in [1.29, 1.82) is 0 Å². The Bertz CT molecular complexity index is 984. The number of alkyl halides is 3. The Hall–Kier alpha value is -2.81. The summed E-state index contributed by atoms with van der Waals surface area (Å²) in [5.41, 5.74) is -0.646. The van der Waals surface area contributed by atoms with E-state index in [2.05, 4.69) is 10.3 Å². The van der Waals surface area contributed by atoms with Gasteiger partial charge in [0, 0.05) is 23.6 Å². The molecular formula is C18H11F5N2OS. The van der Waals surface area contributed by atoms with Crippen LogP contribution >= 0.6 is 11.3 Å². The topological polar surface area (TPSA) is 42.0 Å². The third-order valence-corrected chi connectivity index (χ3v) is 4.50. The fourth-order valence-corrected chi connectivity index (χ4v) is 3.19. The molecule has 0 spiro atoms. The summed E-state index contributed by atoms with van der Waals surface area (Å²) in [5, 5.41) is 2.54. The third kappa shape index (κ3) is 4.68. The number of aromatic nitrogens is 1. The number of benzene rings is 2. The predicted molar refractivity (Wildman–Crippen MR) is 90.7 cm³/mol. The molecule has 3 rings (SSSR count). The Balaban J connectivity index is 1.71. The van der Waals surface area contributed by atoms with Crippen LogP contribution in [0, 0.1) is 11.6 Å². The Morgan fingerprint density at radius 3 is 2.59 bits per heavy atom. The zero-order chi connectivity index (χ0) is 19.6. The number of anilines is 1. The van der Waals surface area contributed by atoms with Crippen LogP contribution in [-0.2, 0) is 12.6 Å². The highest BCUT2D eigenvalue weighted by Crippen LogP contribution is 2.30. The van der Waals surface area contributed by atoms with Crippen LogP contribution in [-0.4, -0.2) is 10.9 Å². The van der Waals surface area contributed by atoms with Gasteiger partial charge in [-0.3, -0.25) is 10.1 Å². The van der Waals surface area contributed by atoms with Gasteiger partial charge >= 0.3 is 6.18 Å². The van der Waals surface area contributed by atoms with Crippen LogP contribution in [0.1, 0.15) is 26.4 Å². The number of hydrogen-bond donors (Lipinski definition) is 1. The lowest BCUT2D eigenvalue weighted by Gasteiger charge is -2.07. The van der Waals surface area contributed by atoms with Gasteiger partial charge in [-0.1, -0.05) is 18.2 Å². The van der Waals surface area contributed by atoms with E-state index in [0.717, 1.165) is 35.6 Å². The number of nitrogens with one attached hydrogen (secondary N) is 1. The van der Waals surface area contributed by atoms with Gasteiger partial charge in [-0.25, -0.2) is 13.8 Å². The minimum absolute atomic E-state index is 0.158. The molecule has 0 fully saturated rings. The number of thiazole rings is 1. The Morgan fingerprint density at radius 2 is 1.89 bits per heavy atom. The van der Waals surface area contributed by atoms with Crippen molar-refractivity contribution in [3.63, 3.8) is 0 Å². The first-order valence-electron chi connectivity index (χ1n) is 7.59. The number of rotatable bonds is 4. The second-order valence-electron chi connectivity index (χ2n) is 5.58. The fraction of sp³-hybridized carbons (Fsp3) is 0.111. The van der Waals surface area contributed by atoms with E-state index < -0.39 is 29.3 Å². The monoisotopic (exact) mass is 398 g/mol. The van der Waals surface area contributed by atoms with Crippen LogP contribution in [0.15, 0.2) is 48.7 Å². The molecule has 0 unspecified atom stereocenters. The second kappa shape index (κ2) is 7.43. The van der Waals surface area contributed by atoms with Crippen molar-refractivity contribution < 1.29 is 26.7 Å². The van der Waals surface area contributed by atoms with Gasteiger partial charge in [-0.05, 0) is 23.8 Å². The summed E-state index contributed by atoms with van der Waals surface area (Å²) in [4.78, 5) is 16.6. The molecule has 1 N–H and O–H groups in total. The maximum absolute atomic E-state index is 13.6. The summed E-state index contributed by atoms with van der Waals surface area (Å²) in [6.45, 7) is 0. The normalized spacial score (nSPS) is 11.4. The minimum atomic E-state index is -4.43. The fourth-order valence-electron chi connectivity index (χ4n) is 2.34. The van der Waals surface area contributed by atoms with E-state index >= 15 is 0 Å². The molecule has 27 heavy (non-hydrogen) atoms. The lowest BCUT2D eigenvalue weighted by Crippen LogP contribution is -2.13. The van der Waals surface area contributed by atoms with Crippen LogP contribution in [0.2, 0.25) is 0 Å². The van der Waals surface area contributed by atoms with Gasteiger partial charge in [-0.2, -0.15) is 13.2 Å². The SMILES string of the molecule is O=C(Nc1ncc(Cc2cccc(C(F)(F)F)c2)s1)c1ccc(F)cc1F.